The van der Waals surface area contributed by atoms with Gasteiger partial charge in [0.2, 0.25) is 12.7 Å². The van der Waals surface area contributed by atoms with Crippen molar-refractivity contribution in [3.8, 4) is 11.5 Å². The number of fused-ring (bicyclic) bond motifs is 1. The first kappa shape index (κ1) is 14.7. The van der Waals surface area contributed by atoms with E-state index in [9.17, 15) is 4.79 Å². The molecule has 20 heavy (non-hydrogen) atoms. The van der Waals surface area contributed by atoms with Crippen LogP contribution < -0.4 is 20.1 Å². The van der Waals surface area contributed by atoms with Gasteiger partial charge < -0.3 is 20.1 Å². The van der Waals surface area contributed by atoms with Crippen LogP contribution in [-0.2, 0) is 4.79 Å². The first-order valence-corrected chi connectivity index (χ1v) is 6.94. The topological polar surface area (TPSA) is 59.6 Å². The van der Waals surface area contributed by atoms with Crippen LogP contribution in [0.15, 0.2) is 18.2 Å². The molecule has 0 aliphatic carbocycles. The van der Waals surface area contributed by atoms with Crippen molar-refractivity contribution in [2.45, 2.75) is 39.8 Å². The van der Waals surface area contributed by atoms with Gasteiger partial charge in [0.15, 0.2) is 11.5 Å². The van der Waals surface area contributed by atoms with Gasteiger partial charge in [-0.15, -0.1) is 0 Å². The molecular formula is C15H22N2O3. The van der Waals surface area contributed by atoms with Gasteiger partial charge in [0, 0.05) is 17.8 Å². The van der Waals surface area contributed by atoms with Gasteiger partial charge >= 0.3 is 0 Å². The summed E-state index contributed by atoms with van der Waals surface area (Å²) in [5, 5.41) is 6.16. The summed E-state index contributed by atoms with van der Waals surface area (Å²) in [4.78, 5) is 12.1. The molecule has 1 aromatic carbocycles. The molecule has 2 rings (SSSR count). The van der Waals surface area contributed by atoms with Crippen LogP contribution in [0.2, 0.25) is 0 Å². The minimum atomic E-state index is -0.252. The van der Waals surface area contributed by atoms with Crippen LogP contribution in [0.3, 0.4) is 0 Å². The smallest absolute Gasteiger partial charge is 0.241 e. The van der Waals surface area contributed by atoms with Gasteiger partial charge in [0.25, 0.3) is 0 Å². The number of carbonyl (C=O) groups is 1. The predicted molar refractivity (Wildman–Crippen MR) is 78.1 cm³/mol. The molecule has 0 fully saturated rings. The molecule has 1 aliphatic rings. The summed E-state index contributed by atoms with van der Waals surface area (Å²) >= 11 is 0. The Morgan fingerprint density at radius 1 is 1.15 bits per heavy atom. The molecule has 0 aromatic heterocycles. The predicted octanol–water partition coefficient (Wildman–Crippen LogP) is 2.38. The van der Waals surface area contributed by atoms with Crippen molar-refractivity contribution in [2.75, 3.05) is 12.1 Å². The normalized spacial score (nSPS) is 16.1. The van der Waals surface area contributed by atoms with Crippen LogP contribution in [0.5, 0.6) is 11.5 Å². The number of rotatable bonds is 5. The van der Waals surface area contributed by atoms with E-state index in [1.807, 2.05) is 13.0 Å². The summed E-state index contributed by atoms with van der Waals surface area (Å²) in [5.41, 5.74) is 0.713. The molecule has 0 unspecified atom stereocenters. The van der Waals surface area contributed by atoms with E-state index >= 15 is 0 Å². The van der Waals surface area contributed by atoms with Crippen LogP contribution in [0.25, 0.3) is 0 Å². The van der Waals surface area contributed by atoms with E-state index in [2.05, 4.69) is 31.4 Å². The summed E-state index contributed by atoms with van der Waals surface area (Å²) in [6.07, 6.45) is 0. The van der Waals surface area contributed by atoms with Crippen LogP contribution in [0.1, 0.15) is 27.7 Å². The number of amides is 1. The van der Waals surface area contributed by atoms with Gasteiger partial charge in [0.05, 0.1) is 6.04 Å². The molecule has 0 saturated heterocycles. The number of ether oxygens (including phenoxy) is 2. The Morgan fingerprint density at radius 2 is 1.85 bits per heavy atom. The summed E-state index contributed by atoms with van der Waals surface area (Å²) in [5.74, 6) is 1.80. The SMILES string of the molecule is CC(C)[C@@H](C)N[C@@H](C)C(=O)Nc1ccc2c(c1)OCO2. The number of nitrogens with one attached hydrogen (secondary N) is 2. The average Bonchev–Trinajstić information content (AvgIpc) is 2.85. The third kappa shape index (κ3) is 3.42. The third-order valence-electron chi connectivity index (χ3n) is 3.55. The number of hydrogen-bond donors (Lipinski definition) is 2. The van der Waals surface area contributed by atoms with E-state index < -0.39 is 0 Å². The summed E-state index contributed by atoms with van der Waals surface area (Å²) in [7, 11) is 0. The quantitative estimate of drug-likeness (QED) is 0.868. The van der Waals surface area contributed by atoms with Gasteiger partial charge in [-0.25, -0.2) is 0 Å². The van der Waals surface area contributed by atoms with E-state index in [-0.39, 0.29) is 24.8 Å². The molecule has 5 heteroatoms. The molecule has 2 atom stereocenters. The van der Waals surface area contributed by atoms with E-state index in [1.165, 1.54) is 0 Å². The van der Waals surface area contributed by atoms with Gasteiger partial charge in [-0.2, -0.15) is 0 Å². The van der Waals surface area contributed by atoms with Gasteiger partial charge in [-0.3, -0.25) is 4.79 Å². The fourth-order valence-electron chi connectivity index (χ4n) is 1.89. The highest BCUT2D eigenvalue weighted by molar-refractivity contribution is 5.94. The van der Waals surface area contributed by atoms with Crippen LogP contribution in [0.4, 0.5) is 5.69 Å². The van der Waals surface area contributed by atoms with Crippen molar-refractivity contribution in [3.05, 3.63) is 18.2 Å². The lowest BCUT2D eigenvalue weighted by molar-refractivity contribution is -0.118. The highest BCUT2D eigenvalue weighted by Crippen LogP contribution is 2.34. The molecule has 2 N–H and O–H groups in total. The molecule has 0 spiro atoms. The Morgan fingerprint density at radius 3 is 2.55 bits per heavy atom. The lowest BCUT2D eigenvalue weighted by Crippen LogP contribution is -2.44. The highest BCUT2D eigenvalue weighted by atomic mass is 16.7. The van der Waals surface area contributed by atoms with Gasteiger partial charge in [0.1, 0.15) is 0 Å². The van der Waals surface area contributed by atoms with Crippen molar-refractivity contribution in [1.29, 1.82) is 0 Å². The Kier molecular flexibility index (Phi) is 4.49. The van der Waals surface area contributed by atoms with E-state index in [0.29, 0.717) is 23.1 Å². The first-order valence-electron chi connectivity index (χ1n) is 6.94. The van der Waals surface area contributed by atoms with Crippen LogP contribution >= 0.6 is 0 Å². The van der Waals surface area contributed by atoms with E-state index in [4.69, 9.17) is 9.47 Å². The van der Waals surface area contributed by atoms with E-state index in [1.54, 1.807) is 12.1 Å². The van der Waals surface area contributed by atoms with Crippen molar-refractivity contribution >= 4 is 11.6 Å². The number of benzene rings is 1. The monoisotopic (exact) mass is 278 g/mol. The zero-order valence-electron chi connectivity index (χ0n) is 12.4. The second kappa shape index (κ2) is 6.13. The fourth-order valence-corrected chi connectivity index (χ4v) is 1.89. The lowest BCUT2D eigenvalue weighted by atomic mass is 10.1. The Balaban J connectivity index is 1.94. The maximum Gasteiger partial charge on any atom is 0.241 e. The molecule has 5 nitrogen and oxygen atoms in total. The fraction of sp³-hybridized carbons (Fsp3) is 0.533. The molecule has 110 valence electrons. The first-order chi connectivity index (χ1) is 9.47. The van der Waals surface area contributed by atoms with Crippen molar-refractivity contribution < 1.29 is 14.3 Å². The number of carbonyl (C=O) groups excluding carboxylic acids is 1. The molecule has 1 heterocycles. The molecule has 0 bridgehead atoms. The minimum absolute atomic E-state index is 0.0589. The van der Waals surface area contributed by atoms with Gasteiger partial charge in [-0.05, 0) is 31.9 Å². The average molecular weight is 278 g/mol. The third-order valence-corrected chi connectivity index (χ3v) is 3.55. The maximum atomic E-state index is 12.1. The van der Waals surface area contributed by atoms with Crippen LogP contribution in [0, 0.1) is 5.92 Å². The van der Waals surface area contributed by atoms with Crippen molar-refractivity contribution in [3.63, 3.8) is 0 Å². The van der Waals surface area contributed by atoms with Crippen molar-refractivity contribution in [1.82, 2.24) is 5.32 Å². The minimum Gasteiger partial charge on any atom is -0.454 e. The maximum absolute atomic E-state index is 12.1. The molecule has 0 radical (unpaired) electrons. The summed E-state index contributed by atoms with van der Waals surface area (Å²) < 4.78 is 10.5. The Labute approximate surface area is 119 Å². The zero-order valence-corrected chi connectivity index (χ0v) is 12.4. The molecule has 1 aliphatic heterocycles. The highest BCUT2D eigenvalue weighted by Gasteiger charge is 2.18. The Bertz CT molecular complexity index is 488. The molecule has 0 saturated carbocycles. The lowest BCUT2D eigenvalue weighted by Gasteiger charge is -2.22. The van der Waals surface area contributed by atoms with Crippen LogP contribution in [-0.4, -0.2) is 24.8 Å². The second-order valence-electron chi connectivity index (χ2n) is 5.48. The largest absolute Gasteiger partial charge is 0.454 e. The number of anilines is 1. The zero-order chi connectivity index (χ0) is 14.7. The standard InChI is InChI=1S/C15H22N2O3/c1-9(2)10(3)16-11(4)15(18)17-12-5-6-13-14(7-12)20-8-19-13/h5-7,9-11,16H,8H2,1-4H3,(H,17,18)/t10-,11+/m1/s1. The molecular weight excluding hydrogens is 256 g/mol. The van der Waals surface area contributed by atoms with Gasteiger partial charge in [-0.1, -0.05) is 13.8 Å². The molecule has 1 aromatic rings. The Hall–Kier alpha value is -1.75. The van der Waals surface area contributed by atoms with Crippen molar-refractivity contribution in [2.24, 2.45) is 5.92 Å². The molecule has 1 amide bonds. The van der Waals surface area contributed by atoms with E-state index in [0.717, 1.165) is 0 Å². The number of hydrogen-bond acceptors (Lipinski definition) is 4. The summed E-state index contributed by atoms with van der Waals surface area (Å²) in [6, 6.07) is 5.42. The second-order valence-corrected chi connectivity index (χ2v) is 5.48. The summed E-state index contributed by atoms with van der Waals surface area (Å²) in [6.45, 7) is 8.42.